The van der Waals surface area contributed by atoms with E-state index in [1.807, 2.05) is 65.5 Å². The van der Waals surface area contributed by atoms with Crippen molar-refractivity contribution in [1.29, 1.82) is 0 Å². The van der Waals surface area contributed by atoms with Crippen LogP contribution in [0.5, 0.6) is 0 Å². The molecule has 43 heavy (non-hydrogen) atoms. The zero-order chi connectivity index (χ0) is 30.8. The maximum atomic E-state index is 13.8. The van der Waals surface area contributed by atoms with Gasteiger partial charge in [0.05, 0.1) is 18.7 Å². The lowest BCUT2D eigenvalue weighted by Gasteiger charge is -2.33. The van der Waals surface area contributed by atoms with Gasteiger partial charge in [-0.2, -0.15) is 13.2 Å². The molecule has 4 rings (SSSR count). The number of aromatic nitrogens is 2. The Labute approximate surface area is 248 Å². The second-order valence-corrected chi connectivity index (χ2v) is 10.0. The Morgan fingerprint density at radius 3 is 2.19 bits per heavy atom. The van der Waals surface area contributed by atoms with Crippen LogP contribution in [0.15, 0.2) is 104 Å². The molecule has 2 amide bonds. The van der Waals surface area contributed by atoms with Gasteiger partial charge in [-0.15, -0.1) is 0 Å². The highest BCUT2D eigenvalue weighted by Crippen LogP contribution is 2.29. The van der Waals surface area contributed by atoms with Crippen molar-refractivity contribution in [3.8, 4) is 11.1 Å². The fourth-order valence-electron chi connectivity index (χ4n) is 4.53. The molecule has 10 heteroatoms. The second kappa shape index (κ2) is 14.5. The quantitative estimate of drug-likeness (QED) is 0.196. The predicted molar refractivity (Wildman–Crippen MR) is 158 cm³/mol. The third-order valence-corrected chi connectivity index (χ3v) is 6.98. The van der Waals surface area contributed by atoms with Crippen molar-refractivity contribution < 1.29 is 27.5 Å². The van der Waals surface area contributed by atoms with Gasteiger partial charge in [0, 0.05) is 58.1 Å². The van der Waals surface area contributed by atoms with Crippen molar-refractivity contribution in [1.82, 2.24) is 19.4 Å². The monoisotopic (exact) mass is 590 g/mol. The molecule has 0 N–H and O–H groups in total. The smallest absolute Gasteiger partial charge is 0.383 e. The van der Waals surface area contributed by atoms with E-state index in [0.717, 1.165) is 28.8 Å². The Kier molecular flexibility index (Phi) is 10.5. The van der Waals surface area contributed by atoms with Gasteiger partial charge >= 0.3 is 6.18 Å². The molecule has 4 aromatic rings. The minimum Gasteiger partial charge on any atom is -0.383 e. The first-order valence-corrected chi connectivity index (χ1v) is 13.7. The Bertz CT molecular complexity index is 1490. The van der Waals surface area contributed by atoms with E-state index in [2.05, 4.69) is 4.98 Å². The topological polar surface area (TPSA) is 67.7 Å². The molecule has 0 saturated heterocycles. The highest BCUT2D eigenvalue weighted by Gasteiger charge is 2.32. The standard InChI is InChI=1S/C33H33F3N4O3/c1-38(21-22-43-2)32(42)30(24-39-19-3-4-20-39)40(23-26-5-10-27(11-6-26)28-15-17-37-18-16-28)31(41)14-9-25-7-12-29(13-8-25)33(34,35)36/h3-20,30H,21-24H2,1-2H3/b14-9+. The van der Waals surface area contributed by atoms with Crippen molar-refractivity contribution in [3.05, 3.63) is 120 Å². The molecule has 0 aliphatic carbocycles. The van der Waals surface area contributed by atoms with Gasteiger partial charge in [-0.25, -0.2) is 0 Å². The van der Waals surface area contributed by atoms with E-state index >= 15 is 0 Å². The molecule has 7 nitrogen and oxygen atoms in total. The lowest BCUT2D eigenvalue weighted by atomic mass is 10.0. The number of halogens is 3. The number of hydrogen-bond acceptors (Lipinski definition) is 4. The number of methoxy groups -OCH3 is 1. The first-order valence-electron chi connectivity index (χ1n) is 13.7. The molecule has 0 aliphatic heterocycles. The summed E-state index contributed by atoms with van der Waals surface area (Å²) in [5.74, 6) is -0.723. The van der Waals surface area contributed by atoms with Gasteiger partial charge < -0.3 is 19.1 Å². The number of carbonyl (C=O) groups excluding carboxylic acids is 2. The lowest BCUT2D eigenvalue weighted by molar-refractivity contribution is -0.144. The van der Waals surface area contributed by atoms with Crippen LogP contribution in [0, 0.1) is 0 Å². The number of rotatable bonds is 12. The molecule has 0 radical (unpaired) electrons. The van der Waals surface area contributed by atoms with Crippen LogP contribution in [0.4, 0.5) is 13.2 Å². The van der Waals surface area contributed by atoms with Crippen molar-refractivity contribution in [2.75, 3.05) is 27.3 Å². The Hall–Kier alpha value is -4.70. The van der Waals surface area contributed by atoms with Gasteiger partial charge in [-0.05, 0) is 64.7 Å². The Balaban J connectivity index is 1.66. The van der Waals surface area contributed by atoms with Gasteiger partial charge in [0.25, 0.3) is 0 Å². The SMILES string of the molecule is COCCN(C)C(=O)C(Cn1cccc1)N(Cc1ccc(-c2ccncc2)cc1)C(=O)/C=C/c1ccc(C(F)(F)F)cc1. The summed E-state index contributed by atoms with van der Waals surface area (Å²) in [6, 6.07) is 18.8. The number of pyridine rings is 1. The van der Waals surface area contributed by atoms with E-state index in [4.69, 9.17) is 4.74 Å². The highest BCUT2D eigenvalue weighted by molar-refractivity contribution is 5.95. The molecule has 0 bridgehead atoms. The molecule has 2 heterocycles. The number of amides is 2. The lowest BCUT2D eigenvalue weighted by Crippen LogP contribution is -2.51. The zero-order valence-corrected chi connectivity index (χ0v) is 23.9. The van der Waals surface area contributed by atoms with Crippen LogP contribution in [0.2, 0.25) is 0 Å². The van der Waals surface area contributed by atoms with Crippen LogP contribution >= 0.6 is 0 Å². The summed E-state index contributed by atoms with van der Waals surface area (Å²) >= 11 is 0. The molecule has 224 valence electrons. The molecule has 0 fully saturated rings. The van der Waals surface area contributed by atoms with Gasteiger partial charge in [0.1, 0.15) is 6.04 Å². The molecule has 2 aromatic carbocycles. The molecular weight excluding hydrogens is 557 g/mol. The number of ether oxygens (including phenoxy) is 1. The number of alkyl halides is 3. The van der Waals surface area contributed by atoms with E-state index in [9.17, 15) is 22.8 Å². The van der Waals surface area contributed by atoms with E-state index in [1.54, 1.807) is 26.6 Å². The largest absolute Gasteiger partial charge is 0.416 e. The van der Waals surface area contributed by atoms with Crippen LogP contribution in [0.25, 0.3) is 17.2 Å². The average molecular weight is 591 g/mol. The fourth-order valence-corrected chi connectivity index (χ4v) is 4.53. The first kappa shape index (κ1) is 31.2. The summed E-state index contributed by atoms with van der Waals surface area (Å²) in [4.78, 5) is 34.7. The van der Waals surface area contributed by atoms with Crippen LogP contribution in [0.3, 0.4) is 0 Å². The first-order chi connectivity index (χ1) is 20.7. The maximum absolute atomic E-state index is 13.8. The number of likely N-dealkylation sites (N-methyl/N-ethyl adjacent to an activating group) is 1. The van der Waals surface area contributed by atoms with E-state index < -0.39 is 23.7 Å². The molecule has 2 aromatic heterocycles. The number of hydrogen-bond donors (Lipinski definition) is 0. The Morgan fingerprint density at radius 1 is 0.953 bits per heavy atom. The summed E-state index contributed by atoms with van der Waals surface area (Å²) in [6.07, 6.45) is 5.35. The summed E-state index contributed by atoms with van der Waals surface area (Å²) in [6.45, 7) is 0.999. The van der Waals surface area contributed by atoms with E-state index in [-0.39, 0.29) is 19.0 Å². The molecule has 1 unspecified atom stereocenters. The van der Waals surface area contributed by atoms with E-state index in [1.165, 1.54) is 34.1 Å². The van der Waals surface area contributed by atoms with E-state index in [0.29, 0.717) is 18.7 Å². The molecule has 1 atom stereocenters. The third-order valence-electron chi connectivity index (χ3n) is 6.98. The normalized spacial score (nSPS) is 12.3. The average Bonchev–Trinajstić information content (AvgIpc) is 3.54. The number of nitrogens with zero attached hydrogens (tertiary/aromatic N) is 4. The van der Waals surface area contributed by atoms with Crippen molar-refractivity contribution >= 4 is 17.9 Å². The molecule has 0 saturated carbocycles. The number of carbonyl (C=O) groups is 2. The van der Waals surface area contributed by atoms with Crippen molar-refractivity contribution in [2.45, 2.75) is 25.3 Å². The summed E-state index contributed by atoms with van der Waals surface area (Å²) in [7, 11) is 3.21. The molecule has 0 spiro atoms. The zero-order valence-electron chi connectivity index (χ0n) is 23.9. The third kappa shape index (κ3) is 8.65. The summed E-state index contributed by atoms with van der Waals surface area (Å²) in [5.41, 5.74) is 2.43. The van der Waals surface area contributed by atoms with Gasteiger partial charge in [-0.3, -0.25) is 14.6 Å². The predicted octanol–water partition coefficient (Wildman–Crippen LogP) is 5.78. The van der Waals surface area contributed by atoms with Crippen LogP contribution in [-0.4, -0.2) is 64.5 Å². The molecule has 0 aliphatic rings. The maximum Gasteiger partial charge on any atom is 0.416 e. The minimum atomic E-state index is -4.46. The minimum absolute atomic E-state index is 0.128. The second-order valence-electron chi connectivity index (χ2n) is 10.0. The van der Waals surface area contributed by atoms with Gasteiger partial charge in [-0.1, -0.05) is 36.4 Å². The van der Waals surface area contributed by atoms with Crippen LogP contribution in [-0.2, 0) is 33.6 Å². The van der Waals surface area contributed by atoms with Crippen molar-refractivity contribution in [3.63, 3.8) is 0 Å². The van der Waals surface area contributed by atoms with Gasteiger partial charge in [0.15, 0.2) is 0 Å². The molecular formula is C33H33F3N4O3. The number of benzene rings is 2. The van der Waals surface area contributed by atoms with Crippen LogP contribution < -0.4 is 0 Å². The summed E-state index contributed by atoms with van der Waals surface area (Å²) < 4.78 is 46.0. The van der Waals surface area contributed by atoms with Gasteiger partial charge in [0.2, 0.25) is 11.8 Å². The fraction of sp³-hybridized carbons (Fsp3) is 0.242. The highest BCUT2D eigenvalue weighted by atomic mass is 19.4. The summed E-state index contributed by atoms with van der Waals surface area (Å²) in [5, 5.41) is 0. The van der Waals surface area contributed by atoms with Crippen molar-refractivity contribution in [2.24, 2.45) is 0 Å². The van der Waals surface area contributed by atoms with Crippen LogP contribution in [0.1, 0.15) is 16.7 Å². The Morgan fingerprint density at radius 2 is 1.58 bits per heavy atom.